The molecule has 1 aromatic heterocycles. The lowest BCUT2D eigenvalue weighted by atomic mass is 10.0. The molecule has 2 rings (SSSR count). The van der Waals surface area contributed by atoms with Crippen LogP contribution < -0.4 is 5.73 Å². The zero-order valence-corrected chi connectivity index (χ0v) is 10.1. The topological polar surface area (TPSA) is 61.3 Å². The van der Waals surface area contributed by atoms with Crippen LogP contribution >= 0.6 is 11.6 Å². The normalized spacial score (nSPS) is 10.9. The first-order chi connectivity index (χ1) is 8.56. The fourth-order valence-electron chi connectivity index (χ4n) is 1.56. The lowest BCUT2D eigenvalue weighted by Crippen LogP contribution is -2.00. The highest BCUT2D eigenvalue weighted by Crippen LogP contribution is 2.34. The Kier molecular flexibility index (Phi) is 3.49. The van der Waals surface area contributed by atoms with Crippen LogP contribution in [0.3, 0.4) is 0 Å². The number of ether oxygens (including phenoxy) is 1. The zero-order chi connectivity index (χ0) is 13.3. The molecule has 0 aliphatic rings. The van der Waals surface area contributed by atoms with Crippen LogP contribution in [0.4, 0.5) is 14.7 Å². The fraction of sp³-hybridized carbons (Fsp3) is 0.182. The first kappa shape index (κ1) is 12.8. The Hall–Kier alpha value is -1.66. The third kappa shape index (κ3) is 2.04. The van der Waals surface area contributed by atoms with E-state index < -0.39 is 11.6 Å². The molecule has 0 saturated heterocycles. The highest BCUT2D eigenvalue weighted by molar-refractivity contribution is 6.31. The summed E-state index contributed by atoms with van der Waals surface area (Å²) in [5.74, 6) is -2.25. The molecule has 0 aliphatic heterocycles. The van der Waals surface area contributed by atoms with Crippen molar-refractivity contribution in [2.45, 2.75) is 6.61 Å². The Morgan fingerprint density at radius 3 is 2.67 bits per heavy atom. The van der Waals surface area contributed by atoms with E-state index in [-0.39, 0.29) is 34.2 Å². The average Bonchev–Trinajstić information content (AvgIpc) is 2.75. The fourth-order valence-corrected chi connectivity index (χ4v) is 1.80. The SMILES string of the molecule is COCc1c(Cl)cc(-c2cnoc2N)c(F)c1F. The molecule has 0 fully saturated rings. The van der Waals surface area contributed by atoms with Gasteiger partial charge in [-0.05, 0) is 6.07 Å². The maximum atomic E-state index is 13.9. The Morgan fingerprint density at radius 1 is 1.39 bits per heavy atom. The van der Waals surface area contributed by atoms with Gasteiger partial charge in [-0.25, -0.2) is 8.78 Å². The van der Waals surface area contributed by atoms with Crippen LogP contribution in [-0.4, -0.2) is 12.3 Å². The summed E-state index contributed by atoms with van der Waals surface area (Å²) in [5, 5.41) is 3.45. The van der Waals surface area contributed by atoms with Crippen molar-refractivity contribution in [3.8, 4) is 11.1 Å². The lowest BCUT2D eigenvalue weighted by Gasteiger charge is -2.09. The molecular weight excluding hydrogens is 266 g/mol. The molecule has 2 N–H and O–H groups in total. The largest absolute Gasteiger partial charge is 0.380 e. The van der Waals surface area contributed by atoms with E-state index in [9.17, 15) is 8.78 Å². The number of halogens is 3. The van der Waals surface area contributed by atoms with Crippen molar-refractivity contribution in [1.29, 1.82) is 0 Å². The molecule has 1 aromatic carbocycles. The van der Waals surface area contributed by atoms with Gasteiger partial charge < -0.3 is 15.0 Å². The Labute approximate surface area is 106 Å². The highest BCUT2D eigenvalue weighted by Gasteiger charge is 2.21. The molecule has 0 unspecified atom stereocenters. The average molecular weight is 275 g/mol. The van der Waals surface area contributed by atoms with Crippen LogP contribution in [0.5, 0.6) is 0 Å². The number of anilines is 1. The molecule has 18 heavy (non-hydrogen) atoms. The second-order valence-electron chi connectivity index (χ2n) is 3.55. The van der Waals surface area contributed by atoms with Crippen LogP contribution in [-0.2, 0) is 11.3 Å². The number of methoxy groups -OCH3 is 1. The van der Waals surface area contributed by atoms with Crippen molar-refractivity contribution in [3.63, 3.8) is 0 Å². The van der Waals surface area contributed by atoms with Crippen molar-refractivity contribution >= 4 is 17.5 Å². The predicted molar refractivity (Wildman–Crippen MR) is 62.0 cm³/mol. The van der Waals surface area contributed by atoms with Gasteiger partial charge in [0.15, 0.2) is 11.6 Å². The van der Waals surface area contributed by atoms with E-state index in [4.69, 9.17) is 22.1 Å². The minimum Gasteiger partial charge on any atom is -0.380 e. The van der Waals surface area contributed by atoms with Gasteiger partial charge in [-0.15, -0.1) is 0 Å². The Bertz CT molecular complexity index is 587. The summed E-state index contributed by atoms with van der Waals surface area (Å²) >= 11 is 5.88. The van der Waals surface area contributed by atoms with Gasteiger partial charge in [0.05, 0.1) is 18.4 Å². The van der Waals surface area contributed by atoms with Crippen molar-refractivity contribution in [3.05, 3.63) is 34.5 Å². The Balaban J connectivity index is 2.62. The molecule has 2 aromatic rings. The van der Waals surface area contributed by atoms with Crippen molar-refractivity contribution in [2.24, 2.45) is 0 Å². The van der Waals surface area contributed by atoms with E-state index in [2.05, 4.69) is 9.68 Å². The third-order valence-electron chi connectivity index (χ3n) is 2.43. The van der Waals surface area contributed by atoms with Gasteiger partial charge >= 0.3 is 0 Å². The van der Waals surface area contributed by atoms with Crippen molar-refractivity contribution < 1.29 is 18.0 Å². The van der Waals surface area contributed by atoms with Crippen molar-refractivity contribution in [1.82, 2.24) is 5.16 Å². The quantitative estimate of drug-likeness (QED) is 0.874. The Morgan fingerprint density at radius 2 is 2.11 bits per heavy atom. The summed E-state index contributed by atoms with van der Waals surface area (Å²) in [7, 11) is 1.36. The van der Waals surface area contributed by atoms with Gasteiger partial charge in [0.25, 0.3) is 0 Å². The third-order valence-corrected chi connectivity index (χ3v) is 2.77. The molecule has 0 bridgehead atoms. The van der Waals surface area contributed by atoms with E-state index >= 15 is 0 Å². The highest BCUT2D eigenvalue weighted by atomic mass is 35.5. The maximum Gasteiger partial charge on any atom is 0.230 e. The lowest BCUT2D eigenvalue weighted by molar-refractivity contribution is 0.180. The van der Waals surface area contributed by atoms with Crippen LogP contribution in [0.25, 0.3) is 11.1 Å². The molecule has 4 nitrogen and oxygen atoms in total. The standard InChI is InChI=1S/C11H9ClF2N2O2/c1-17-4-7-8(12)2-5(9(13)10(7)14)6-3-16-18-11(6)15/h2-3H,4,15H2,1H3. The molecule has 7 heteroatoms. The summed E-state index contributed by atoms with van der Waals surface area (Å²) in [6.07, 6.45) is 1.19. The molecule has 0 aliphatic carbocycles. The number of aromatic nitrogens is 1. The minimum absolute atomic E-state index is 0.0459. The predicted octanol–water partition coefficient (Wildman–Crippen LogP) is 3.00. The van der Waals surface area contributed by atoms with E-state index in [1.165, 1.54) is 19.4 Å². The maximum absolute atomic E-state index is 13.9. The monoisotopic (exact) mass is 274 g/mol. The molecule has 0 radical (unpaired) electrons. The summed E-state index contributed by atoms with van der Waals surface area (Å²) in [5.41, 5.74) is 5.46. The molecule has 0 saturated carbocycles. The number of hydrogen-bond acceptors (Lipinski definition) is 4. The van der Waals surface area contributed by atoms with Crippen LogP contribution in [0.2, 0.25) is 5.02 Å². The summed E-state index contributed by atoms with van der Waals surface area (Å²) < 4.78 is 37.1. The van der Waals surface area contributed by atoms with Crippen LogP contribution in [0.15, 0.2) is 16.8 Å². The van der Waals surface area contributed by atoms with E-state index in [1.807, 2.05) is 0 Å². The van der Waals surface area contributed by atoms with Gasteiger partial charge in [0, 0.05) is 23.3 Å². The zero-order valence-electron chi connectivity index (χ0n) is 9.34. The molecular formula is C11H9ClF2N2O2. The first-order valence-corrected chi connectivity index (χ1v) is 5.29. The van der Waals surface area contributed by atoms with E-state index in [0.29, 0.717) is 0 Å². The summed E-state index contributed by atoms with van der Waals surface area (Å²) in [6.45, 7) is -0.124. The van der Waals surface area contributed by atoms with Gasteiger partial charge in [-0.1, -0.05) is 16.8 Å². The van der Waals surface area contributed by atoms with Gasteiger partial charge in [0.1, 0.15) is 0 Å². The summed E-state index contributed by atoms with van der Waals surface area (Å²) in [6, 6.07) is 1.26. The molecule has 0 spiro atoms. The number of benzene rings is 1. The number of nitrogens with zero attached hydrogens (tertiary/aromatic N) is 1. The smallest absolute Gasteiger partial charge is 0.230 e. The molecule has 96 valence electrons. The summed E-state index contributed by atoms with van der Waals surface area (Å²) in [4.78, 5) is 0. The first-order valence-electron chi connectivity index (χ1n) is 4.92. The van der Waals surface area contributed by atoms with E-state index in [1.54, 1.807) is 0 Å². The van der Waals surface area contributed by atoms with Gasteiger partial charge in [-0.3, -0.25) is 0 Å². The van der Waals surface area contributed by atoms with Gasteiger partial charge in [-0.2, -0.15) is 0 Å². The minimum atomic E-state index is -1.07. The number of nitrogens with two attached hydrogens (primary N) is 1. The molecule has 0 amide bonds. The van der Waals surface area contributed by atoms with Gasteiger partial charge in [0.2, 0.25) is 5.88 Å². The van der Waals surface area contributed by atoms with Crippen LogP contribution in [0.1, 0.15) is 5.56 Å². The van der Waals surface area contributed by atoms with E-state index in [0.717, 1.165) is 0 Å². The second-order valence-corrected chi connectivity index (χ2v) is 3.96. The number of hydrogen-bond donors (Lipinski definition) is 1. The van der Waals surface area contributed by atoms with Crippen LogP contribution in [0, 0.1) is 11.6 Å². The second kappa shape index (κ2) is 4.91. The molecule has 1 heterocycles. The molecule has 0 atom stereocenters. The number of nitrogen functional groups attached to an aromatic ring is 1. The number of rotatable bonds is 3. The van der Waals surface area contributed by atoms with Crippen molar-refractivity contribution in [2.75, 3.05) is 12.8 Å².